The van der Waals surface area contributed by atoms with Gasteiger partial charge in [-0.25, -0.2) is 0 Å². The quantitative estimate of drug-likeness (QED) is 0.773. The molecule has 0 radical (unpaired) electrons. The molecular weight excluding hydrogens is 322 g/mol. The topological polar surface area (TPSA) is 35.6 Å². The molecule has 1 aromatic carbocycles. The molecule has 1 saturated carbocycles. The zero-order valence-corrected chi connectivity index (χ0v) is 16.5. The second-order valence-electron chi connectivity index (χ2n) is 7.83. The van der Waals surface area contributed by atoms with E-state index in [9.17, 15) is 4.79 Å². The first-order valence-corrected chi connectivity index (χ1v) is 10.5. The summed E-state index contributed by atoms with van der Waals surface area (Å²) in [7, 11) is 0. The van der Waals surface area contributed by atoms with Crippen LogP contribution in [0.4, 0.5) is 0 Å². The lowest BCUT2D eigenvalue weighted by molar-refractivity contribution is -0.126. The minimum atomic E-state index is 0.0973. The Morgan fingerprint density at radius 1 is 1.04 bits per heavy atom. The van der Waals surface area contributed by atoms with Gasteiger partial charge < -0.3 is 5.32 Å². The third-order valence-corrected chi connectivity index (χ3v) is 6.18. The molecule has 0 aromatic heterocycles. The van der Waals surface area contributed by atoms with Crippen molar-refractivity contribution in [3.8, 4) is 0 Å². The fourth-order valence-corrected chi connectivity index (χ4v) is 4.52. The Kier molecular flexibility index (Phi) is 7.09. The summed E-state index contributed by atoms with van der Waals surface area (Å²) in [6.07, 6.45) is 7.39. The Balaban J connectivity index is 1.49. The van der Waals surface area contributed by atoms with Gasteiger partial charge in [-0.3, -0.25) is 14.6 Å². The first-order chi connectivity index (χ1) is 12.7. The summed E-state index contributed by atoms with van der Waals surface area (Å²) in [6.45, 7) is 9.29. The summed E-state index contributed by atoms with van der Waals surface area (Å²) >= 11 is 0. The minimum Gasteiger partial charge on any atom is -0.351 e. The molecular formula is C22H35N3O. The van der Waals surface area contributed by atoms with E-state index in [1.165, 1.54) is 36.8 Å². The molecule has 1 atom stereocenters. The number of hydrogen-bond acceptors (Lipinski definition) is 3. The summed E-state index contributed by atoms with van der Waals surface area (Å²) in [5, 5.41) is 3.19. The third kappa shape index (κ3) is 4.86. The van der Waals surface area contributed by atoms with E-state index in [-0.39, 0.29) is 11.9 Å². The monoisotopic (exact) mass is 357 g/mol. The predicted molar refractivity (Wildman–Crippen MR) is 107 cm³/mol. The SMILES string of the molecule is CCN(CC)Cc1ccc(CNC(=O)[C@@H]2CCCN2C2CCCC2)cc1. The number of hydrogen-bond donors (Lipinski definition) is 1. The number of amides is 1. The van der Waals surface area contributed by atoms with Crippen LogP contribution in [0.1, 0.15) is 63.5 Å². The van der Waals surface area contributed by atoms with Gasteiger partial charge in [-0.1, -0.05) is 51.0 Å². The fraction of sp³-hybridized carbons (Fsp3) is 0.682. The van der Waals surface area contributed by atoms with Crippen molar-refractivity contribution in [2.75, 3.05) is 19.6 Å². The van der Waals surface area contributed by atoms with E-state index in [1.54, 1.807) is 0 Å². The first kappa shape index (κ1) is 19.4. The highest BCUT2D eigenvalue weighted by Gasteiger charge is 2.36. The van der Waals surface area contributed by atoms with Crippen molar-refractivity contribution in [1.29, 1.82) is 0 Å². The molecule has 4 nitrogen and oxygen atoms in total. The molecule has 0 bridgehead atoms. The van der Waals surface area contributed by atoms with E-state index in [4.69, 9.17) is 0 Å². The van der Waals surface area contributed by atoms with Gasteiger partial charge >= 0.3 is 0 Å². The second-order valence-corrected chi connectivity index (χ2v) is 7.83. The van der Waals surface area contributed by atoms with Crippen LogP contribution in [-0.2, 0) is 17.9 Å². The van der Waals surface area contributed by atoms with Crippen molar-refractivity contribution in [2.24, 2.45) is 0 Å². The lowest BCUT2D eigenvalue weighted by atomic mass is 10.1. The average molecular weight is 358 g/mol. The number of carbonyl (C=O) groups is 1. The molecule has 3 rings (SSSR count). The smallest absolute Gasteiger partial charge is 0.237 e. The molecule has 26 heavy (non-hydrogen) atoms. The maximum absolute atomic E-state index is 12.7. The molecule has 1 saturated heterocycles. The molecule has 1 amide bonds. The zero-order chi connectivity index (χ0) is 18.4. The molecule has 2 aliphatic rings. The van der Waals surface area contributed by atoms with Gasteiger partial charge in [0.1, 0.15) is 0 Å². The van der Waals surface area contributed by atoms with Crippen LogP contribution in [0.5, 0.6) is 0 Å². The van der Waals surface area contributed by atoms with Crippen LogP contribution in [0.2, 0.25) is 0 Å². The number of likely N-dealkylation sites (tertiary alicyclic amines) is 1. The molecule has 1 aromatic rings. The van der Waals surface area contributed by atoms with Crippen molar-refractivity contribution < 1.29 is 4.79 Å². The number of nitrogens with one attached hydrogen (secondary N) is 1. The molecule has 0 spiro atoms. The van der Waals surface area contributed by atoms with Gasteiger partial charge in [0.2, 0.25) is 5.91 Å². The van der Waals surface area contributed by atoms with E-state index in [0.717, 1.165) is 39.0 Å². The van der Waals surface area contributed by atoms with Crippen molar-refractivity contribution >= 4 is 5.91 Å². The lowest BCUT2D eigenvalue weighted by Crippen LogP contribution is -2.46. The van der Waals surface area contributed by atoms with E-state index >= 15 is 0 Å². The Bertz CT molecular complexity index is 561. The molecule has 0 unspecified atom stereocenters. The van der Waals surface area contributed by atoms with Gasteiger partial charge in [0.25, 0.3) is 0 Å². The summed E-state index contributed by atoms with van der Waals surface area (Å²) < 4.78 is 0. The normalized spacial score (nSPS) is 21.6. The van der Waals surface area contributed by atoms with Crippen LogP contribution < -0.4 is 5.32 Å². The maximum Gasteiger partial charge on any atom is 0.237 e. The van der Waals surface area contributed by atoms with Gasteiger partial charge in [0.15, 0.2) is 0 Å². The minimum absolute atomic E-state index is 0.0973. The molecule has 144 valence electrons. The van der Waals surface area contributed by atoms with E-state index in [1.807, 2.05) is 0 Å². The van der Waals surface area contributed by atoms with Crippen molar-refractivity contribution in [3.05, 3.63) is 35.4 Å². The van der Waals surface area contributed by atoms with Crippen LogP contribution in [-0.4, -0.2) is 47.4 Å². The van der Waals surface area contributed by atoms with Crippen LogP contribution in [0.25, 0.3) is 0 Å². The lowest BCUT2D eigenvalue weighted by Gasteiger charge is -2.29. The Labute approximate surface area is 158 Å². The first-order valence-electron chi connectivity index (χ1n) is 10.5. The van der Waals surface area contributed by atoms with Crippen molar-refractivity contribution in [3.63, 3.8) is 0 Å². The summed E-state index contributed by atoms with van der Waals surface area (Å²) in [4.78, 5) is 17.6. The highest BCUT2D eigenvalue weighted by molar-refractivity contribution is 5.82. The average Bonchev–Trinajstić information content (AvgIpc) is 3.36. The van der Waals surface area contributed by atoms with Crippen LogP contribution in [0.15, 0.2) is 24.3 Å². The Morgan fingerprint density at radius 3 is 2.35 bits per heavy atom. The van der Waals surface area contributed by atoms with Crippen LogP contribution in [0.3, 0.4) is 0 Å². The van der Waals surface area contributed by atoms with Gasteiger partial charge in [-0.05, 0) is 56.4 Å². The Hall–Kier alpha value is -1.39. The van der Waals surface area contributed by atoms with Gasteiger partial charge in [-0.15, -0.1) is 0 Å². The van der Waals surface area contributed by atoms with Gasteiger partial charge in [0, 0.05) is 19.1 Å². The third-order valence-electron chi connectivity index (χ3n) is 6.18. The molecule has 1 aliphatic heterocycles. The molecule has 1 heterocycles. The molecule has 1 aliphatic carbocycles. The van der Waals surface area contributed by atoms with Crippen LogP contribution in [0, 0.1) is 0 Å². The van der Waals surface area contributed by atoms with Gasteiger partial charge in [0.05, 0.1) is 6.04 Å². The number of carbonyl (C=O) groups excluding carboxylic acids is 1. The molecule has 4 heteroatoms. The van der Waals surface area contributed by atoms with Crippen LogP contribution >= 0.6 is 0 Å². The molecule has 2 fully saturated rings. The summed E-state index contributed by atoms with van der Waals surface area (Å²) in [6, 6.07) is 9.44. The number of nitrogens with zero attached hydrogens (tertiary/aromatic N) is 2. The van der Waals surface area contributed by atoms with E-state index in [2.05, 4.69) is 53.2 Å². The summed E-state index contributed by atoms with van der Waals surface area (Å²) in [5.74, 6) is 0.224. The second kappa shape index (κ2) is 9.52. The Morgan fingerprint density at radius 2 is 1.69 bits per heavy atom. The van der Waals surface area contributed by atoms with Crippen molar-refractivity contribution in [1.82, 2.24) is 15.1 Å². The predicted octanol–water partition coefficient (Wildman–Crippen LogP) is 3.55. The zero-order valence-electron chi connectivity index (χ0n) is 16.5. The van der Waals surface area contributed by atoms with Crippen molar-refractivity contribution in [2.45, 2.75) is 77.5 Å². The maximum atomic E-state index is 12.7. The van der Waals surface area contributed by atoms with E-state index < -0.39 is 0 Å². The largest absolute Gasteiger partial charge is 0.351 e. The van der Waals surface area contributed by atoms with Gasteiger partial charge in [-0.2, -0.15) is 0 Å². The molecule has 1 N–H and O–H groups in total. The number of benzene rings is 1. The highest BCUT2D eigenvalue weighted by atomic mass is 16.2. The summed E-state index contributed by atoms with van der Waals surface area (Å²) in [5.41, 5.74) is 2.53. The highest BCUT2D eigenvalue weighted by Crippen LogP contribution is 2.30. The fourth-order valence-electron chi connectivity index (χ4n) is 4.52. The standard InChI is InChI=1S/C22H35N3O/c1-3-24(4-2)17-19-13-11-18(12-14-19)16-23-22(26)21-10-7-15-25(21)20-8-5-6-9-20/h11-14,20-21H,3-10,15-17H2,1-2H3,(H,23,26)/t21-/m0/s1. The number of rotatable bonds is 8. The van der Waals surface area contributed by atoms with E-state index in [0.29, 0.717) is 12.6 Å².